The van der Waals surface area contributed by atoms with Crippen LogP contribution in [0, 0.1) is 17.5 Å². The summed E-state index contributed by atoms with van der Waals surface area (Å²) in [7, 11) is -3.16. The van der Waals surface area contributed by atoms with Crippen LogP contribution in [0.3, 0.4) is 0 Å². The van der Waals surface area contributed by atoms with E-state index in [0.29, 0.717) is 12.1 Å². The Labute approximate surface area is 215 Å². The summed E-state index contributed by atoms with van der Waals surface area (Å²) in [4.78, 5) is 31.7. The van der Waals surface area contributed by atoms with E-state index in [1.54, 1.807) is 20.8 Å². The molecule has 0 bridgehead atoms. The molecule has 2 N–H and O–H groups in total. The first-order chi connectivity index (χ1) is 17.6. The molecule has 1 aliphatic rings. The van der Waals surface area contributed by atoms with Gasteiger partial charge in [0.25, 0.3) is 0 Å². The highest BCUT2D eigenvalue weighted by Crippen LogP contribution is 2.42. The van der Waals surface area contributed by atoms with Gasteiger partial charge in [0.2, 0.25) is 15.9 Å². The lowest BCUT2D eigenvalue weighted by atomic mass is 10.1. The number of nitrogens with zero attached hydrogens (tertiary/aromatic N) is 3. The van der Waals surface area contributed by atoms with E-state index in [2.05, 4.69) is 4.98 Å². The zero-order valence-corrected chi connectivity index (χ0v) is 21.5. The number of pyridine rings is 1. The monoisotopic (exact) mass is 552 g/mol. The molecule has 1 aromatic heterocycles. The van der Waals surface area contributed by atoms with Gasteiger partial charge < -0.3 is 14.4 Å². The second kappa shape index (κ2) is 9.44. The number of hydrogen-bond donors (Lipinski definition) is 1. The molecule has 1 aliphatic heterocycles. The van der Waals surface area contributed by atoms with Crippen molar-refractivity contribution in [2.75, 3.05) is 23.5 Å². The van der Waals surface area contributed by atoms with Crippen molar-refractivity contribution in [1.29, 1.82) is 0 Å². The first-order valence-corrected chi connectivity index (χ1v) is 12.6. The number of fused-ring (bicyclic) bond motifs is 3. The van der Waals surface area contributed by atoms with Crippen molar-refractivity contribution in [1.82, 2.24) is 4.98 Å². The number of methoxy groups -OCH3 is 1. The SMILES string of the molecule is COc1cc2ncc3c(c2cc1F)N(Cc1c(F)cc(S(N)(=O)=O)cc1F)C(=O)CN3C(=O)OC(C)(C)C. The molecule has 10 nitrogen and oxygen atoms in total. The molecule has 4 rings (SSSR count). The smallest absolute Gasteiger partial charge is 0.415 e. The number of primary sulfonamides is 1. The van der Waals surface area contributed by atoms with Crippen LogP contribution in [0.2, 0.25) is 0 Å². The van der Waals surface area contributed by atoms with Gasteiger partial charge in [-0.15, -0.1) is 0 Å². The highest BCUT2D eigenvalue weighted by molar-refractivity contribution is 7.89. The Morgan fingerprint density at radius 3 is 2.29 bits per heavy atom. The van der Waals surface area contributed by atoms with Crippen molar-refractivity contribution in [3.05, 3.63) is 53.5 Å². The van der Waals surface area contributed by atoms with Crippen molar-refractivity contribution >= 4 is 44.3 Å². The number of sulfonamides is 1. The molecule has 0 fully saturated rings. The van der Waals surface area contributed by atoms with Crippen molar-refractivity contribution in [2.24, 2.45) is 5.14 Å². The molecule has 2 heterocycles. The van der Waals surface area contributed by atoms with Gasteiger partial charge in [0.05, 0.1) is 41.6 Å². The molecule has 202 valence electrons. The third-order valence-corrected chi connectivity index (χ3v) is 6.51. The Kier molecular flexibility index (Phi) is 6.74. The van der Waals surface area contributed by atoms with E-state index in [0.717, 1.165) is 15.9 Å². The van der Waals surface area contributed by atoms with Crippen LogP contribution in [0.15, 0.2) is 35.4 Å². The molecule has 14 heteroatoms. The molecule has 0 radical (unpaired) electrons. The molecule has 2 amide bonds. The van der Waals surface area contributed by atoms with Crippen molar-refractivity contribution in [3.8, 4) is 5.75 Å². The lowest BCUT2D eigenvalue weighted by Crippen LogP contribution is -2.49. The molecule has 0 aliphatic carbocycles. The van der Waals surface area contributed by atoms with Crippen LogP contribution in [-0.4, -0.2) is 44.7 Å². The molecular weight excluding hydrogens is 529 g/mol. The number of amides is 2. The summed E-state index contributed by atoms with van der Waals surface area (Å²) in [6.07, 6.45) is 0.353. The Morgan fingerprint density at radius 2 is 1.74 bits per heavy atom. The number of anilines is 2. The topological polar surface area (TPSA) is 132 Å². The van der Waals surface area contributed by atoms with Crippen LogP contribution < -0.4 is 19.7 Å². The van der Waals surface area contributed by atoms with Crippen LogP contribution in [0.4, 0.5) is 29.3 Å². The van der Waals surface area contributed by atoms with Crippen LogP contribution in [0.25, 0.3) is 10.9 Å². The minimum atomic E-state index is -4.41. The standard InChI is InChI=1S/C24H23F3N4O6S/c1-24(2,3)37-23(33)30-11-21(32)31(10-14-15(25)5-12(6-16(14)26)38(28,34)35)22-13-7-17(27)20(36-4)8-18(13)29-9-19(22)30/h5-9H,10-11H2,1-4H3,(H2,28,34,35). The first-order valence-electron chi connectivity index (χ1n) is 11.1. The van der Waals surface area contributed by atoms with E-state index in [1.807, 2.05) is 0 Å². The predicted molar refractivity (Wildman–Crippen MR) is 131 cm³/mol. The largest absolute Gasteiger partial charge is 0.494 e. The summed E-state index contributed by atoms with van der Waals surface area (Å²) >= 11 is 0. The van der Waals surface area contributed by atoms with E-state index in [1.165, 1.54) is 19.4 Å². The van der Waals surface area contributed by atoms with Gasteiger partial charge in [0.15, 0.2) is 11.6 Å². The fourth-order valence-electron chi connectivity index (χ4n) is 3.94. The zero-order valence-electron chi connectivity index (χ0n) is 20.7. The van der Waals surface area contributed by atoms with Gasteiger partial charge in [-0.1, -0.05) is 0 Å². The van der Waals surface area contributed by atoms with Gasteiger partial charge in [-0.05, 0) is 39.0 Å². The molecule has 38 heavy (non-hydrogen) atoms. The summed E-state index contributed by atoms with van der Waals surface area (Å²) < 4.78 is 78.1. The van der Waals surface area contributed by atoms with Gasteiger partial charge in [0, 0.05) is 17.0 Å². The van der Waals surface area contributed by atoms with Crippen molar-refractivity contribution < 1.29 is 40.7 Å². The molecule has 0 saturated heterocycles. The summed E-state index contributed by atoms with van der Waals surface area (Å²) in [6, 6.07) is 3.36. The van der Waals surface area contributed by atoms with Crippen LogP contribution >= 0.6 is 0 Å². The Hall–Kier alpha value is -3.91. The summed E-state index contributed by atoms with van der Waals surface area (Å²) in [5.74, 6) is -4.28. The molecule has 0 spiro atoms. The minimum absolute atomic E-state index is 0.0258. The average Bonchev–Trinajstić information content (AvgIpc) is 2.79. The summed E-state index contributed by atoms with van der Waals surface area (Å²) in [5, 5.41) is 5.02. The lowest BCUT2D eigenvalue weighted by Gasteiger charge is -2.37. The Morgan fingerprint density at radius 1 is 1.11 bits per heavy atom. The Balaban J connectivity index is 1.92. The summed E-state index contributed by atoms with van der Waals surface area (Å²) in [5.41, 5.74) is -1.44. The number of rotatable bonds is 4. The number of ether oxygens (including phenoxy) is 2. The molecule has 2 aromatic carbocycles. The van der Waals surface area contributed by atoms with Crippen molar-refractivity contribution in [2.45, 2.75) is 37.8 Å². The second-order valence-corrected chi connectivity index (χ2v) is 11.0. The normalized spacial score (nSPS) is 14.1. The maximum absolute atomic E-state index is 14.9. The van der Waals surface area contributed by atoms with Gasteiger partial charge in [-0.25, -0.2) is 31.5 Å². The average molecular weight is 553 g/mol. The summed E-state index contributed by atoms with van der Waals surface area (Å²) in [6.45, 7) is 3.58. The van der Waals surface area contributed by atoms with E-state index in [4.69, 9.17) is 14.6 Å². The van der Waals surface area contributed by atoms with Gasteiger partial charge in [0.1, 0.15) is 23.8 Å². The number of carbonyl (C=O) groups is 2. The lowest BCUT2D eigenvalue weighted by molar-refractivity contribution is -0.117. The number of carbonyl (C=O) groups excluding carboxylic acids is 2. The quantitative estimate of drug-likeness (QED) is 0.523. The van der Waals surface area contributed by atoms with Gasteiger partial charge in [-0.3, -0.25) is 14.7 Å². The number of benzene rings is 2. The number of aromatic nitrogens is 1. The van der Waals surface area contributed by atoms with Gasteiger partial charge >= 0.3 is 6.09 Å². The van der Waals surface area contributed by atoms with Crippen molar-refractivity contribution in [3.63, 3.8) is 0 Å². The highest BCUT2D eigenvalue weighted by Gasteiger charge is 2.37. The second-order valence-electron chi connectivity index (χ2n) is 9.45. The fraction of sp³-hybridized carbons (Fsp3) is 0.292. The third-order valence-electron chi connectivity index (χ3n) is 5.62. The number of hydrogen-bond acceptors (Lipinski definition) is 7. The van der Waals surface area contributed by atoms with E-state index in [9.17, 15) is 31.2 Å². The van der Waals surface area contributed by atoms with Crippen LogP contribution in [-0.2, 0) is 26.1 Å². The molecule has 0 unspecified atom stereocenters. The highest BCUT2D eigenvalue weighted by atomic mass is 32.2. The number of halogens is 3. The zero-order chi connectivity index (χ0) is 28.2. The molecule has 0 saturated carbocycles. The predicted octanol–water partition coefficient (Wildman–Crippen LogP) is 3.60. The van der Waals surface area contributed by atoms with Crippen LogP contribution in [0.1, 0.15) is 26.3 Å². The van der Waals surface area contributed by atoms with Crippen LogP contribution in [0.5, 0.6) is 5.75 Å². The van der Waals surface area contributed by atoms with E-state index in [-0.39, 0.29) is 28.0 Å². The van der Waals surface area contributed by atoms with E-state index < -0.39 is 68.6 Å². The van der Waals surface area contributed by atoms with E-state index >= 15 is 0 Å². The first kappa shape index (κ1) is 27.1. The van der Waals surface area contributed by atoms with Gasteiger partial charge in [-0.2, -0.15) is 0 Å². The molecular formula is C24H23F3N4O6S. The third kappa shape index (κ3) is 5.09. The minimum Gasteiger partial charge on any atom is -0.494 e. The Bertz CT molecular complexity index is 1570. The maximum Gasteiger partial charge on any atom is 0.415 e. The maximum atomic E-state index is 14.9. The molecule has 3 aromatic rings. The fourth-order valence-corrected chi connectivity index (χ4v) is 4.47. The molecule has 0 atom stereocenters. The number of nitrogens with two attached hydrogens (primary N) is 1.